The van der Waals surface area contributed by atoms with Crippen molar-refractivity contribution in [2.24, 2.45) is 0 Å². The van der Waals surface area contributed by atoms with Crippen molar-refractivity contribution in [3.63, 3.8) is 0 Å². The molecule has 1 aliphatic heterocycles. The number of H-pyrrole nitrogens is 1. The Morgan fingerprint density at radius 3 is 3.00 bits per heavy atom. The molecule has 1 N–H and O–H groups in total. The minimum Gasteiger partial charge on any atom is -0.281 e. The van der Waals surface area contributed by atoms with E-state index in [-0.39, 0.29) is 6.04 Å². The van der Waals surface area contributed by atoms with Crippen LogP contribution in [0.25, 0.3) is 0 Å². The Kier molecular flexibility index (Phi) is 4.29. The molecule has 5 nitrogen and oxygen atoms in total. The van der Waals surface area contributed by atoms with E-state index in [0.29, 0.717) is 23.0 Å². The summed E-state index contributed by atoms with van der Waals surface area (Å²) in [7, 11) is -3.41. The molecule has 1 aliphatic rings. The second-order valence-corrected chi connectivity index (χ2v) is 6.84. The summed E-state index contributed by atoms with van der Waals surface area (Å²) in [6, 6.07) is 0.0862. The maximum absolute atomic E-state index is 12.5. The number of rotatable bonds is 5. The molecule has 7 heteroatoms. The number of nitrogens with zero attached hydrogens (tertiary/aromatic N) is 2. The molecule has 1 unspecified atom stereocenters. The molecule has 1 atom stereocenters. The van der Waals surface area contributed by atoms with E-state index >= 15 is 0 Å². The molecular formula is C11H18ClN3O2S. The molecule has 0 spiro atoms. The van der Waals surface area contributed by atoms with Crippen molar-refractivity contribution in [2.75, 3.05) is 12.4 Å². The molecule has 18 heavy (non-hydrogen) atoms. The third-order valence-corrected chi connectivity index (χ3v) is 5.70. The third-order valence-electron chi connectivity index (χ3n) is 3.36. The molecule has 1 aromatic heterocycles. The number of aromatic nitrogens is 2. The van der Waals surface area contributed by atoms with Gasteiger partial charge in [0.25, 0.3) is 0 Å². The van der Waals surface area contributed by atoms with E-state index in [1.807, 2.05) is 0 Å². The van der Waals surface area contributed by atoms with Gasteiger partial charge in [-0.3, -0.25) is 5.10 Å². The first-order valence-corrected chi connectivity index (χ1v) is 8.12. The average Bonchev–Trinajstić information content (AvgIpc) is 2.94. The van der Waals surface area contributed by atoms with E-state index in [9.17, 15) is 8.42 Å². The van der Waals surface area contributed by atoms with Gasteiger partial charge in [0.05, 0.1) is 11.9 Å². The van der Waals surface area contributed by atoms with E-state index < -0.39 is 10.0 Å². The number of nitrogens with one attached hydrogen (secondary N) is 1. The van der Waals surface area contributed by atoms with Crippen LogP contribution < -0.4 is 0 Å². The maximum atomic E-state index is 12.5. The summed E-state index contributed by atoms with van der Waals surface area (Å²) in [5.74, 6) is 0.578. The van der Waals surface area contributed by atoms with Crippen LogP contribution in [-0.2, 0) is 10.0 Å². The molecule has 1 fully saturated rings. The number of hydrogen-bond donors (Lipinski definition) is 1. The topological polar surface area (TPSA) is 66.1 Å². The van der Waals surface area contributed by atoms with Crippen molar-refractivity contribution in [2.45, 2.75) is 43.5 Å². The van der Waals surface area contributed by atoms with Crippen LogP contribution in [-0.4, -0.2) is 41.4 Å². The molecule has 1 aromatic rings. The quantitative estimate of drug-likeness (QED) is 0.843. The molecule has 2 heterocycles. The van der Waals surface area contributed by atoms with E-state index in [1.165, 1.54) is 6.20 Å². The van der Waals surface area contributed by atoms with Crippen molar-refractivity contribution in [1.29, 1.82) is 0 Å². The van der Waals surface area contributed by atoms with Gasteiger partial charge in [-0.15, -0.1) is 11.6 Å². The highest BCUT2D eigenvalue weighted by molar-refractivity contribution is 7.89. The van der Waals surface area contributed by atoms with Crippen LogP contribution >= 0.6 is 11.6 Å². The Bertz CT molecular complexity index is 500. The highest BCUT2D eigenvalue weighted by Crippen LogP contribution is 2.29. The first-order valence-electron chi connectivity index (χ1n) is 6.15. The lowest BCUT2D eigenvalue weighted by molar-refractivity contribution is 0.368. The molecule has 0 radical (unpaired) electrons. The van der Waals surface area contributed by atoms with Gasteiger partial charge in [-0.25, -0.2) is 8.42 Å². The van der Waals surface area contributed by atoms with Gasteiger partial charge in [-0.2, -0.15) is 9.40 Å². The average molecular weight is 292 g/mol. The van der Waals surface area contributed by atoms with Crippen LogP contribution in [0.1, 0.15) is 31.4 Å². The summed E-state index contributed by atoms with van der Waals surface area (Å²) < 4.78 is 26.7. The maximum Gasteiger partial charge on any atom is 0.246 e. The molecule has 1 saturated heterocycles. The van der Waals surface area contributed by atoms with Crippen molar-refractivity contribution < 1.29 is 8.42 Å². The van der Waals surface area contributed by atoms with Crippen LogP contribution in [0, 0.1) is 6.92 Å². The van der Waals surface area contributed by atoms with E-state index in [2.05, 4.69) is 10.2 Å². The summed E-state index contributed by atoms with van der Waals surface area (Å²) in [5, 5.41) is 6.47. The fraction of sp³-hybridized carbons (Fsp3) is 0.727. The summed E-state index contributed by atoms with van der Waals surface area (Å²) >= 11 is 5.68. The number of alkyl halides is 1. The number of sulfonamides is 1. The van der Waals surface area contributed by atoms with Crippen molar-refractivity contribution in [1.82, 2.24) is 14.5 Å². The van der Waals surface area contributed by atoms with Crippen LogP contribution in [0.3, 0.4) is 0 Å². The van der Waals surface area contributed by atoms with E-state index in [0.717, 1.165) is 25.7 Å². The van der Waals surface area contributed by atoms with Gasteiger partial charge in [0.2, 0.25) is 10.0 Å². The number of aryl methyl sites for hydroxylation is 1. The second-order valence-electron chi connectivity index (χ2n) is 4.60. The lowest BCUT2D eigenvalue weighted by atomic mass is 10.1. The predicted molar refractivity (Wildman–Crippen MR) is 70.2 cm³/mol. The van der Waals surface area contributed by atoms with Crippen LogP contribution in [0.2, 0.25) is 0 Å². The highest BCUT2D eigenvalue weighted by Gasteiger charge is 2.36. The van der Waals surface area contributed by atoms with Crippen molar-refractivity contribution in [3.05, 3.63) is 11.9 Å². The molecule has 102 valence electrons. The second kappa shape index (κ2) is 5.59. The normalized spacial score (nSPS) is 21.6. The zero-order chi connectivity index (χ0) is 13.2. The standard InChI is InChI=1S/C11H18ClN3O2S/c1-9-11(8-13-14-9)18(16,17)15-7-3-5-10(15)4-2-6-12/h8,10H,2-7H2,1H3,(H,13,14). The molecular weight excluding hydrogens is 274 g/mol. The van der Waals surface area contributed by atoms with Crippen molar-refractivity contribution in [3.8, 4) is 0 Å². The molecule has 0 amide bonds. The number of hydrogen-bond acceptors (Lipinski definition) is 3. The van der Waals surface area contributed by atoms with Gasteiger partial charge in [-0.05, 0) is 32.6 Å². The lowest BCUT2D eigenvalue weighted by Crippen LogP contribution is -2.35. The fourth-order valence-electron chi connectivity index (χ4n) is 2.45. The molecule has 2 rings (SSSR count). The van der Waals surface area contributed by atoms with Gasteiger partial charge >= 0.3 is 0 Å². The molecule has 0 aliphatic carbocycles. The van der Waals surface area contributed by atoms with Gasteiger partial charge in [-0.1, -0.05) is 0 Å². The van der Waals surface area contributed by atoms with Gasteiger partial charge < -0.3 is 0 Å². The van der Waals surface area contributed by atoms with Crippen molar-refractivity contribution >= 4 is 21.6 Å². The molecule has 0 aromatic carbocycles. The Labute approximate surface area is 113 Å². The monoisotopic (exact) mass is 291 g/mol. The van der Waals surface area contributed by atoms with Crippen LogP contribution in [0.15, 0.2) is 11.1 Å². The summed E-state index contributed by atoms with van der Waals surface area (Å²) in [5.41, 5.74) is 0.595. The summed E-state index contributed by atoms with van der Waals surface area (Å²) in [6.07, 6.45) is 4.92. The summed E-state index contributed by atoms with van der Waals surface area (Å²) in [4.78, 5) is 0.292. The largest absolute Gasteiger partial charge is 0.281 e. The van der Waals surface area contributed by atoms with E-state index in [4.69, 9.17) is 11.6 Å². The first kappa shape index (κ1) is 13.8. The van der Waals surface area contributed by atoms with Gasteiger partial charge in [0, 0.05) is 18.5 Å². The van der Waals surface area contributed by atoms with Gasteiger partial charge in [0.15, 0.2) is 0 Å². The minimum atomic E-state index is -3.41. The minimum absolute atomic E-state index is 0.0862. The fourth-order valence-corrected chi connectivity index (χ4v) is 4.45. The Morgan fingerprint density at radius 1 is 1.61 bits per heavy atom. The van der Waals surface area contributed by atoms with E-state index in [1.54, 1.807) is 11.2 Å². The smallest absolute Gasteiger partial charge is 0.246 e. The first-order chi connectivity index (χ1) is 8.57. The Morgan fingerprint density at radius 2 is 2.39 bits per heavy atom. The SMILES string of the molecule is Cc1[nH]ncc1S(=O)(=O)N1CCCC1CCCCl. The predicted octanol–water partition coefficient (Wildman–Crippen LogP) is 1.89. The Balaban J connectivity index is 2.22. The molecule has 0 saturated carbocycles. The highest BCUT2D eigenvalue weighted by atomic mass is 35.5. The van der Waals surface area contributed by atoms with Crippen LogP contribution in [0.4, 0.5) is 0 Å². The number of aromatic amines is 1. The lowest BCUT2D eigenvalue weighted by Gasteiger charge is -2.23. The van der Waals surface area contributed by atoms with Crippen LogP contribution in [0.5, 0.6) is 0 Å². The van der Waals surface area contributed by atoms with Gasteiger partial charge in [0.1, 0.15) is 4.90 Å². The number of halogens is 1. The summed E-state index contributed by atoms with van der Waals surface area (Å²) in [6.45, 7) is 2.32. The Hall–Kier alpha value is -0.590. The zero-order valence-electron chi connectivity index (χ0n) is 10.4. The third kappa shape index (κ3) is 2.55. The molecule has 0 bridgehead atoms. The zero-order valence-corrected chi connectivity index (χ0v) is 12.0.